The molecule has 0 radical (unpaired) electrons. The summed E-state index contributed by atoms with van der Waals surface area (Å²) in [5.41, 5.74) is 16.7. The molecule has 0 aliphatic heterocycles. The van der Waals surface area contributed by atoms with Crippen molar-refractivity contribution in [3.05, 3.63) is 224 Å². The van der Waals surface area contributed by atoms with Gasteiger partial charge in [-0.3, -0.25) is 0 Å². The minimum atomic E-state index is 0.861. The number of hydrogen-bond donors (Lipinski definition) is 0. The van der Waals surface area contributed by atoms with Gasteiger partial charge in [-0.15, -0.1) is 0 Å². The SMILES string of the molecule is c1ccc(-c2ccc(N(c3ccc4c(c3)oc3ccccc34)c3ccc(-c4ccc(-c5ccccc5)c(-c5ccccc5)c4)cc3-c3ccccc3)cc2)cc1. The van der Waals surface area contributed by atoms with Crippen LogP contribution in [0.25, 0.3) is 77.6 Å². The Balaban J connectivity index is 1.16. The van der Waals surface area contributed by atoms with Gasteiger partial charge in [0.05, 0.1) is 5.69 Å². The van der Waals surface area contributed by atoms with Gasteiger partial charge in [0, 0.05) is 33.8 Å². The molecule has 0 saturated heterocycles. The maximum Gasteiger partial charge on any atom is 0.137 e. The minimum absolute atomic E-state index is 0.861. The van der Waals surface area contributed by atoms with Gasteiger partial charge < -0.3 is 9.32 Å². The van der Waals surface area contributed by atoms with Crippen molar-refractivity contribution in [3.63, 3.8) is 0 Å². The van der Waals surface area contributed by atoms with Crippen molar-refractivity contribution < 1.29 is 4.42 Å². The Morgan fingerprint density at radius 2 is 0.732 bits per heavy atom. The summed E-state index contributed by atoms with van der Waals surface area (Å²) in [5.74, 6) is 0. The van der Waals surface area contributed by atoms with Gasteiger partial charge >= 0.3 is 0 Å². The highest BCUT2D eigenvalue weighted by Crippen LogP contribution is 2.45. The van der Waals surface area contributed by atoms with E-state index in [1.807, 2.05) is 12.1 Å². The predicted octanol–water partition coefficient (Wildman–Crippen LogP) is 15.4. The molecule has 0 aliphatic carbocycles. The van der Waals surface area contributed by atoms with E-state index in [2.05, 4.69) is 217 Å². The number of fused-ring (bicyclic) bond motifs is 3. The molecule has 0 unspecified atom stereocenters. The number of anilines is 3. The normalized spacial score (nSPS) is 11.2. The van der Waals surface area contributed by atoms with Gasteiger partial charge in [-0.25, -0.2) is 0 Å². The van der Waals surface area contributed by atoms with Crippen LogP contribution in [0.4, 0.5) is 17.1 Å². The number of benzene rings is 9. The van der Waals surface area contributed by atoms with Gasteiger partial charge in [-0.2, -0.15) is 0 Å². The van der Waals surface area contributed by atoms with Crippen molar-refractivity contribution in [1.82, 2.24) is 0 Å². The Kier molecular flexibility index (Phi) is 8.55. The lowest BCUT2D eigenvalue weighted by atomic mass is 9.90. The smallest absolute Gasteiger partial charge is 0.137 e. The molecular formula is C54H37NO. The van der Waals surface area contributed by atoms with Crippen molar-refractivity contribution in [2.24, 2.45) is 0 Å². The first-order valence-corrected chi connectivity index (χ1v) is 19.1. The van der Waals surface area contributed by atoms with Crippen molar-refractivity contribution in [2.45, 2.75) is 0 Å². The maximum absolute atomic E-state index is 6.45. The molecule has 10 aromatic rings. The molecule has 10 rings (SSSR count). The summed E-state index contributed by atoms with van der Waals surface area (Å²) in [6, 6.07) is 80.1. The van der Waals surface area contributed by atoms with Crippen LogP contribution in [0.5, 0.6) is 0 Å². The summed E-state index contributed by atoms with van der Waals surface area (Å²) in [6.45, 7) is 0. The third-order valence-electron chi connectivity index (χ3n) is 10.7. The first kappa shape index (κ1) is 33.2. The Hall–Kier alpha value is -7.42. The second-order valence-electron chi connectivity index (χ2n) is 14.1. The Bertz CT molecular complexity index is 2930. The zero-order valence-electron chi connectivity index (χ0n) is 30.7. The molecule has 0 spiro atoms. The van der Waals surface area contributed by atoms with Gasteiger partial charge in [0.2, 0.25) is 0 Å². The Morgan fingerprint density at radius 1 is 0.268 bits per heavy atom. The maximum atomic E-state index is 6.45. The van der Waals surface area contributed by atoms with Gasteiger partial charge in [0.1, 0.15) is 11.2 Å². The molecule has 9 aromatic carbocycles. The van der Waals surface area contributed by atoms with Gasteiger partial charge in [-0.05, 0) is 98.6 Å². The zero-order valence-corrected chi connectivity index (χ0v) is 30.7. The summed E-state index contributed by atoms with van der Waals surface area (Å²) in [5, 5.41) is 2.23. The molecule has 56 heavy (non-hydrogen) atoms. The van der Waals surface area contributed by atoms with Crippen molar-refractivity contribution in [3.8, 4) is 55.6 Å². The summed E-state index contributed by atoms with van der Waals surface area (Å²) in [4.78, 5) is 2.36. The van der Waals surface area contributed by atoms with E-state index in [9.17, 15) is 0 Å². The van der Waals surface area contributed by atoms with E-state index in [4.69, 9.17) is 4.42 Å². The average molecular weight is 716 g/mol. The fourth-order valence-electron chi connectivity index (χ4n) is 7.92. The molecule has 0 N–H and O–H groups in total. The highest BCUT2D eigenvalue weighted by Gasteiger charge is 2.21. The average Bonchev–Trinajstić information content (AvgIpc) is 3.66. The van der Waals surface area contributed by atoms with E-state index < -0.39 is 0 Å². The lowest BCUT2D eigenvalue weighted by Gasteiger charge is -2.28. The molecule has 1 aromatic heterocycles. The van der Waals surface area contributed by atoms with E-state index in [1.54, 1.807) is 0 Å². The van der Waals surface area contributed by atoms with Crippen LogP contribution in [0.3, 0.4) is 0 Å². The first-order chi connectivity index (χ1) is 27.8. The Labute approximate surface area is 327 Å². The summed E-state index contributed by atoms with van der Waals surface area (Å²) in [6.07, 6.45) is 0. The second-order valence-corrected chi connectivity index (χ2v) is 14.1. The number of para-hydroxylation sites is 1. The summed E-state index contributed by atoms with van der Waals surface area (Å²) >= 11 is 0. The third-order valence-corrected chi connectivity index (χ3v) is 10.7. The fourth-order valence-corrected chi connectivity index (χ4v) is 7.92. The number of hydrogen-bond acceptors (Lipinski definition) is 2. The number of furan rings is 1. The molecule has 0 atom stereocenters. The molecule has 2 nitrogen and oxygen atoms in total. The third kappa shape index (κ3) is 6.24. The van der Waals surface area contributed by atoms with E-state index in [1.165, 1.54) is 33.4 Å². The van der Waals surface area contributed by atoms with Gasteiger partial charge in [0.25, 0.3) is 0 Å². The van der Waals surface area contributed by atoms with Crippen molar-refractivity contribution >= 4 is 39.0 Å². The zero-order chi connectivity index (χ0) is 37.3. The van der Waals surface area contributed by atoms with E-state index in [0.29, 0.717) is 0 Å². The van der Waals surface area contributed by atoms with Gasteiger partial charge in [0.15, 0.2) is 0 Å². The monoisotopic (exact) mass is 715 g/mol. The summed E-state index contributed by atoms with van der Waals surface area (Å²) < 4.78 is 6.45. The molecule has 0 bridgehead atoms. The van der Waals surface area contributed by atoms with E-state index in [-0.39, 0.29) is 0 Å². The number of nitrogens with zero attached hydrogens (tertiary/aromatic N) is 1. The first-order valence-electron chi connectivity index (χ1n) is 19.1. The van der Waals surface area contributed by atoms with Crippen LogP contribution >= 0.6 is 0 Å². The predicted molar refractivity (Wildman–Crippen MR) is 236 cm³/mol. The van der Waals surface area contributed by atoms with Crippen molar-refractivity contribution in [1.29, 1.82) is 0 Å². The standard InChI is InChI=1S/C54H37NO/c1-5-15-38(16-6-1)39-25-29-45(30-26-39)55(46-31-33-49-48-23-13-14-24-53(48)56-54(49)37-46)52-34-28-44(36-51(52)42-21-11-4-12-22-42)43-27-32-47(40-17-7-2-8-18-40)50(35-43)41-19-9-3-10-20-41/h1-37H. The van der Waals surface area contributed by atoms with E-state index in [0.717, 1.165) is 61.3 Å². The highest BCUT2D eigenvalue weighted by molar-refractivity contribution is 6.06. The van der Waals surface area contributed by atoms with Crippen LogP contribution in [0.15, 0.2) is 229 Å². The summed E-state index contributed by atoms with van der Waals surface area (Å²) in [7, 11) is 0. The molecule has 0 aliphatic rings. The largest absolute Gasteiger partial charge is 0.456 e. The number of rotatable bonds is 8. The molecule has 264 valence electrons. The molecule has 0 fully saturated rings. The lowest BCUT2D eigenvalue weighted by molar-refractivity contribution is 0.669. The molecular weight excluding hydrogens is 679 g/mol. The molecule has 2 heteroatoms. The van der Waals surface area contributed by atoms with Crippen LogP contribution in [-0.2, 0) is 0 Å². The topological polar surface area (TPSA) is 16.4 Å². The quantitative estimate of drug-likeness (QED) is 0.156. The second kappa shape index (κ2) is 14.4. The highest BCUT2D eigenvalue weighted by atomic mass is 16.3. The van der Waals surface area contributed by atoms with E-state index >= 15 is 0 Å². The van der Waals surface area contributed by atoms with Crippen LogP contribution < -0.4 is 4.90 Å². The van der Waals surface area contributed by atoms with Crippen LogP contribution in [-0.4, -0.2) is 0 Å². The minimum Gasteiger partial charge on any atom is -0.456 e. The van der Waals surface area contributed by atoms with Crippen molar-refractivity contribution in [2.75, 3.05) is 4.90 Å². The molecule has 0 amide bonds. The van der Waals surface area contributed by atoms with Crippen LogP contribution in [0, 0.1) is 0 Å². The molecule has 0 saturated carbocycles. The van der Waals surface area contributed by atoms with Crippen LogP contribution in [0.1, 0.15) is 0 Å². The lowest BCUT2D eigenvalue weighted by Crippen LogP contribution is -2.11. The Morgan fingerprint density at radius 3 is 1.39 bits per heavy atom. The van der Waals surface area contributed by atoms with Crippen LogP contribution in [0.2, 0.25) is 0 Å². The van der Waals surface area contributed by atoms with Gasteiger partial charge in [-0.1, -0.05) is 170 Å². The molecule has 1 heterocycles. The fraction of sp³-hybridized carbons (Fsp3) is 0.